The zero-order chi connectivity index (χ0) is 26.4. The molecule has 0 aromatic heterocycles. The first-order valence-corrected chi connectivity index (χ1v) is 16.6. The minimum atomic E-state index is -0.252. The van der Waals surface area contributed by atoms with Gasteiger partial charge in [-0.1, -0.05) is 147 Å². The van der Waals surface area contributed by atoms with Crippen molar-refractivity contribution in [2.45, 2.75) is 180 Å². The minimum absolute atomic E-state index is 0.252. The van der Waals surface area contributed by atoms with Crippen LogP contribution in [0.2, 0.25) is 0 Å². The average Bonchev–Trinajstić information content (AvgIpc) is 2.90. The predicted octanol–water partition coefficient (Wildman–Crippen LogP) is 10.9. The summed E-state index contributed by atoms with van der Waals surface area (Å²) in [5, 5.41) is 19.4. The highest BCUT2D eigenvalue weighted by Crippen LogP contribution is 2.24. The SMILES string of the molecule is CCCCCCCCCCCCCCCC(O)CCC(=N)c1cccc2c1CCCCCCCCCC2. The molecule has 212 valence electrons. The van der Waals surface area contributed by atoms with E-state index >= 15 is 0 Å². The van der Waals surface area contributed by atoms with E-state index in [9.17, 15) is 5.11 Å². The van der Waals surface area contributed by atoms with Gasteiger partial charge in [0, 0.05) is 5.71 Å². The zero-order valence-electron chi connectivity index (χ0n) is 24.6. The van der Waals surface area contributed by atoms with Gasteiger partial charge >= 0.3 is 0 Å². The second kappa shape index (κ2) is 21.7. The molecule has 1 aliphatic carbocycles. The largest absolute Gasteiger partial charge is 0.393 e. The van der Waals surface area contributed by atoms with Crippen LogP contribution in [0.1, 0.15) is 178 Å². The molecule has 0 amide bonds. The zero-order valence-corrected chi connectivity index (χ0v) is 24.6. The molecule has 37 heavy (non-hydrogen) atoms. The van der Waals surface area contributed by atoms with Crippen LogP contribution in [0.4, 0.5) is 0 Å². The van der Waals surface area contributed by atoms with Crippen molar-refractivity contribution in [2.75, 3.05) is 0 Å². The Bertz CT molecular complexity index is 697. The lowest BCUT2D eigenvalue weighted by Gasteiger charge is -2.18. The first-order valence-electron chi connectivity index (χ1n) is 16.6. The summed E-state index contributed by atoms with van der Waals surface area (Å²) in [6.07, 6.45) is 32.8. The molecule has 0 saturated carbocycles. The molecule has 0 heterocycles. The molecular weight excluding hydrogens is 450 g/mol. The number of fused-ring (bicyclic) bond motifs is 1. The first-order chi connectivity index (χ1) is 18.2. The fraction of sp³-hybridized carbons (Fsp3) is 0.800. The number of nitrogens with one attached hydrogen (secondary N) is 1. The van der Waals surface area contributed by atoms with Crippen molar-refractivity contribution < 1.29 is 5.11 Å². The first kappa shape index (κ1) is 32.1. The number of aliphatic hydroxyl groups is 1. The lowest BCUT2D eigenvalue weighted by molar-refractivity contribution is 0.153. The van der Waals surface area contributed by atoms with Gasteiger partial charge in [-0.05, 0) is 61.6 Å². The van der Waals surface area contributed by atoms with Crippen molar-refractivity contribution >= 4 is 5.71 Å². The fourth-order valence-electron chi connectivity index (χ4n) is 6.11. The van der Waals surface area contributed by atoms with E-state index in [1.54, 1.807) is 0 Å². The van der Waals surface area contributed by atoms with E-state index in [2.05, 4.69) is 25.1 Å². The molecule has 1 aromatic rings. The molecule has 2 rings (SSSR count). The number of hydrogen-bond acceptors (Lipinski definition) is 2. The maximum atomic E-state index is 10.6. The Hall–Kier alpha value is -1.15. The van der Waals surface area contributed by atoms with Crippen molar-refractivity contribution in [3.8, 4) is 0 Å². The van der Waals surface area contributed by atoms with Crippen LogP contribution in [-0.2, 0) is 12.8 Å². The van der Waals surface area contributed by atoms with Crippen molar-refractivity contribution in [1.29, 1.82) is 5.41 Å². The summed E-state index contributed by atoms with van der Waals surface area (Å²) in [6.45, 7) is 2.29. The van der Waals surface area contributed by atoms with E-state index in [4.69, 9.17) is 5.41 Å². The Balaban J connectivity index is 1.60. The maximum Gasteiger partial charge on any atom is 0.0544 e. The Morgan fingerprint density at radius 2 is 1.19 bits per heavy atom. The summed E-state index contributed by atoms with van der Waals surface area (Å²) in [4.78, 5) is 0. The molecule has 2 heteroatoms. The molecule has 1 unspecified atom stereocenters. The molecule has 1 aliphatic rings. The third kappa shape index (κ3) is 15.1. The van der Waals surface area contributed by atoms with E-state index in [0.29, 0.717) is 6.42 Å². The third-order valence-corrected chi connectivity index (χ3v) is 8.59. The van der Waals surface area contributed by atoms with Crippen LogP contribution in [0, 0.1) is 5.41 Å². The summed E-state index contributed by atoms with van der Waals surface area (Å²) >= 11 is 0. The third-order valence-electron chi connectivity index (χ3n) is 8.59. The molecule has 0 spiro atoms. The molecule has 0 radical (unpaired) electrons. The molecular formula is C35H61NO. The second-order valence-corrected chi connectivity index (χ2v) is 12.0. The Labute approximate surface area is 230 Å². The van der Waals surface area contributed by atoms with Crippen LogP contribution in [0.15, 0.2) is 18.2 Å². The summed E-state index contributed by atoms with van der Waals surface area (Å²) in [7, 11) is 0. The van der Waals surface area contributed by atoms with Gasteiger partial charge in [-0.3, -0.25) is 0 Å². The van der Waals surface area contributed by atoms with Crippen molar-refractivity contribution in [3.05, 3.63) is 34.9 Å². The Kier molecular flexibility index (Phi) is 18.8. The number of aliphatic hydroxyl groups excluding tert-OH is 1. The van der Waals surface area contributed by atoms with Crippen LogP contribution in [0.3, 0.4) is 0 Å². The van der Waals surface area contributed by atoms with Crippen molar-refractivity contribution in [1.82, 2.24) is 0 Å². The molecule has 2 nitrogen and oxygen atoms in total. The Morgan fingerprint density at radius 1 is 0.676 bits per heavy atom. The number of hydrogen-bond donors (Lipinski definition) is 2. The predicted molar refractivity (Wildman–Crippen MR) is 163 cm³/mol. The Morgan fingerprint density at radius 3 is 1.78 bits per heavy atom. The number of unbranched alkanes of at least 4 members (excludes halogenated alkanes) is 12. The van der Waals surface area contributed by atoms with E-state index in [1.165, 1.54) is 145 Å². The summed E-state index contributed by atoms with van der Waals surface area (Å²) in [5.41, 5.74) is 4.84. The molecule has 0 bridgehead atoms. The lowest BCUT2D eigenvalue weighted by Crippen LogP contribution is -2.12. The van der Waals surface area contributed by atoms with Crippen molar-refractivity contribution in [2.24, 2.45) is 0 Å². The van der Waals surface area contributed by atoms with Gasteiger partial charge in [0.25, 0.3) is 0 Å². The normalized spacial score (nSPS) is 15.9. The highest BCUT2D eigenvalue weighted by molar-refractivity contribution is 5.99. The summed E-state index contributed by atoms with van der Waals surface area (Å²) < 4.78 is 0. The highest BCUT2D eigenvalue weighted by Gasteiger charge is 2.14. The van der Waals surface area contributed by atoms with Crippen LogP contribution < -0.4 is 0 Å². The molecule has 0 fully saturated rings. The van der Waals surface area contributed by atoms with Crippen LogP contribution in [0.5, 0.6) is 0 Å². The van der Waals surface area contributed by atoms with Crippen molar-refractivity contribution in [3.63, 3.8) is 0 Å². The van der Waals surface area contributed by atoms with Crippen LogP contribution in [0.25, 0.3) is 0 Å². The maximum absolute atomic E-state index is 10.6. The van der Waals surface area contributed by atoms with E-state index in [1.807, 2.05) is 0 Å². The topological polar surface area (TPSA) is 44.1 Å². The fourth-order valence-corrected chi connectivity index (χ4v) is 6.11. The number of aryl methyl sites for hydroxylation is 1. The number of rotatable bonds is 18. The van der Waals surface area contributed by atoms with Gasteiger partial charge in [-0.2, -0.15) is 0 Å². The monoisotopic (exact) mass is 511 g/mol. The van der Waals surface area contributed by atoms with E-state index in [-0.39, 0.29) is 6.10 Å². The van der Waals surface area contributed by atoms with E-state index in [0.717, 1.165) is 37.8 Å². The van der Waals surface area contributed by atoms with Crippen LogP contribution in [-0.4, -0.2) is 16.9 Å². The van der Waals surface area contributed by atoms with Gasteiger partial charge in [0.1, 0.15) is 0 Å². The molecule has 0 saturated heterocycles. The average molecular weight is 512 g/mol. The van der Waals surface area contributed by atoms with Gasteiger partial charge in [-0.25, -0.2) is 0 Å². The molecule has 1 atom stereocenters. The molecule has 1 aromatic carbocycles. The quantitative estimate of drug-likeness (QED) is 0.149. The van der Waals surface area contributed by atoms with Gasteiger partial charge < -0.3 is 10.5 Å². The molecule has 0 aliphatic heterocycles. The van der Waals surface area contributed by atoms with Gasteiger partial charge in [0.2, 0.25) is 0 Å². The van der Waals surface area contributed by atoms with Gasteiger partial charge in [0.05, 0.1) is 6.10 Å². The van der Waals surface area contributed by atoms with Crippen LogP contribution >= 0.6 is 0 Å². The summed E-state index contributed by atoms with van der Waals surface area (Å²) in [6, 6.07) is 6.64. The van der Waals surface area contributed by atoms with Gasteiger partial charge in [0.15, 0.2) is 0 Å². The van der Waals surface area contributed by atoms with E-state index < -0.39 is 0 Å². The highest BCUT2D eigenvalue weighted by atomic mass is 16.3. The smallest absolute Gasteiger partial charge is 0.0544 e. The molecule has 2 N–H and O–H groups in total. The standard InChI is InChI=1S/C35H61NO/c1-2-3-4-5-6-7-8-9-10-11-15-18-21-26-32(37)29-30-35(36)34-28-23-25-31-24-20-17-14-12-13-16-19-22-27-33(31)34/h23,25,28,32,36-37H,2-22,24,26-27,29-30H2,1H3. The summed E-state index contributed by atoms with van der Waals surface area (Å²) in [5.74, 6) is 0. The lowest BCUT2D eigenvalue weighted by atomic mass is 9.88. The second-order valence-electron chi connectivity index (χ2n) is 12.0. The van der Waals surface area contributed by atoms with Gasteiger partial charge in [-0.15, -0.1) is 0 Å². The minimum Gasteiger partial charge on any atom is -0.393 e. The number of benzene rings is 1.